The monoisotopic (exact) mass is 261 g/mol. The average molecular weight is 261 g/mol. The molecule has 18 heavy (non-hydrogen) atoms. The fraction of sp³-hybridized carbons (Fsp3) is 0.364. The first-order valence-electron chi connectivity index (χ1n) is 5.07. The van der Waals surface area contributed by atoms with Crippen molar-refractivity contribution in [2.45, 2.75) is 18.5 Å². The quantitative estimate of drug-likeness (QED) is 0.604. The number of benzene rings is 1. The number of carbonyl (C=O) groups excluding carboxylic acids is 1. The summed E-state index contributed by atoms with van der Waals surface area (Å²) < 4.78 is 36.4. The van der Waals surface area contributed by atoms with E-state index in [9.17, 15) is 28.1 Å². The van der Waals surface area contributed by atoms with Crippen molar-refractivity contribution in [3.63, 3.8) is 0 Å². The number of halogens is 3. The third-order valence-electron chi connectivity index (χ3n) is 2.39. The summed E-state index contributed by atoms with van der Waals surface area (Å²) >= 11 is 0. The minimum atomic E-state index is -4.95. The van der Waals surface area contributed by atoms with E-state index in [-0.39, 0.29) is 0 Å². The summed E-state index contributed by atoms with van der Waals surface area (Å²) in [4.78, 5) is 20.6. The second kappa shape index (κ2) is 5.61. The number of hydrogen-bond donors (Lipinski definition) is 0. The lowest BCUT2D eigenvalue weighted by atomic mass is 9.93. The van der Waals surface area contributed by atoms with E-state index in [4.69, 9.17) is 0 Å². The highest BCUT2D eigenvalue weighted by Gasteiger charge is 2.40. The van der Waals surface area contributed by atoms with E-state index in [0.717, 1.165) is 0 Å². The van der Waals surface area contributed by atoms with Gasteiger partial charge in [0.05, 0.1) is 5.92 Å². The van der Waals surface area contributed by atoms with Gasteiger partial charge in [-0.2, -0.15) is 13.2 Å². The van der Waals surface area contributed by atoms with Gasteiger partial charge in [-0.05, 0) is 5.56 Å². The minimum Gasteiger partial charge on any atom is -0.290 e. The highest BCUT2D eigenvalue weighted by Crippen LogP contribution is 2.26. The van der Waals surface area contributed by atoms with Gasteiger partial charge in [-0.25, -0.2) is 0 Å². The minimum absolute atomic E-state index is 0.354. The van der Waals surface area contributed by atoms with Gasteiger partial charge < -0.3 is 0 Å². The molecule has 1 atom stereocenters. The van der Waals surface area contributed by atoms with Crippen molar-refractivity contribution in [2.24, 2.45) is 0 Å². The van der Waals surface area contributed by atoms with Crippen molar-refractivity contribution in [3.8, 4) is 0 Å². The molecule has 1 aromatic rings. The molecule has 0 aromatic heterocycles. The second-order valence-electron chi connectivity index (χ2n) is 3.75. The Kier molecular flexibility index (Phi) is 4.41. The van der Waals surface area contributed by atoms with Gasteiger partial charge in [0.2, 0.25) is 12.3 Å². The summed E-state index contributed by atoms with van der Waals surface area (Å²) in [6.45, 7) is -0.703. The van der Waals surface area contributed by atoms with Crippen LogP contribution < -0.4 is 0 Å². The van der Waals surface area contributed by atoms with E-state index in [1.54, 1.807) is 18.2 Å². The van der Waals surface area contributed by atoms with Crippen LogP contribution in [0.15, 0.2) is 30.3 Å². The summed E-state index contributed by atoms with van der Waals surface area (Å²) in [5.74, 6) is -3.01. The highest BCUT2D eigenvalue weighted by molar-refractivity contribution is 5.84. The Bertz CT molecular complexity index is 431. The fourth-order valence-corrected chi connectivity index (χ4v) is 1.53. The van der Waals surface area contributed by atoms with Crippen molar-refractivity contribution in [1.82, 2.24) is 0 Å². The largest absolute Gasteiger partial charge is 0.449 e. The van der Waals surface area contributed by atoms with E-state index < -0.39 is 35.8 Å². The van der Waals surface area contributed by atoms with Gasteiger partial charge in [0.15, 0.2) is 0 Å². The molecule has 0 radical (unpaired) electrons. The molecule has 0 amide bonds. The zero-order chi connectivity index (χ0) is 13.8. The number of rotatable bonds is 5. The first-order valence-corrected chi connectivity index (χ1v) is 5.07. The summed E-state index contributed by atoms with van der Waals surface area (Å²) in [5, 5.41) is 10.4. The maximum Gasteiger partial charge on any atom is 0.449 e. The SMILES string of the molecule is O=C(CC(C[N+](=O)[O-])c1ccccc1)C(F)(F)F. The second-order valence-corrected chi connectivity index (χ2v) is 3.75. The Hall–Kier alpha value is -1.92. The molecule has 7 heteroatoms. The summed E-state index contributed by atoms with van der Waals surface area (Å²) in [5.41, 5.74) is 0.354. The van der Waals surface area contributed by atoms with Crippen molar-refractivity contribution >= 4 is 5.78 Å². The van der Waals surface area contributed by atoms with Crippen LogP contribution in [-0.2, 0) is 4.79 Å². The van der Waals surface area contributed by atoms with Crippen molar-refractivity contribution in [2.75, 3.05) is 6.54 Å². The number of hydrogen-bond acceptors (Lipinski definition) is 3. The van der Waals surface area contributed by atoms with E-state index in [2.05, 4.69) is 0 Å². The lowest BCUT2D eigenvalue weighted by molar-refractivity contribution is -0.483. The molecule has 0 aliphatic rings. The van der Waals surface area contributed by atoms with Crippen LogP contribution in [0.1, 0.15) is 17.9 Å². The van der Waals surface area contributed by atoms with Gasteiger partial charge in [0.25, 0.3) is 0 Å². The standard InChI is InChI=1S/C11H10F3NO3/c12-11(13,14)10(16)6-9(7-15(17)18)8-4-2-1-3-5-8/h1-5,9H,6-7H2. The van der Waals surface area contributed by atoms with Gasteiger partial charge in [0.1, 0.15) is 0 Å². The Balaban J connectivity index is 2.87. The van der Waals surface area contributed by atoms with Crippen molar-refractivity contribution in [1.29, 1.82) is 0 Å². The van der Waals surface area contributed by atoms with Crippen LogP contribution in [0.4, 0.5) is 13.2 Å². The van der Waals surface area contributed by atoms with Crippen LogP contribution in [0.2, 0.25) is 0 Å². The zero-order valence-electron chi connectivity index (χ0n) is 9.18. The topological polar surface area (TPSA) is 60.2 Å². The average Bonchev–Trinajstić information content (AvgIpc) is 2.27. The van der Waals surface area contributed by atoms with Crippen LogP contribution in [0, 0.1) is 10.1 Å². The number of nitrogens with zero attached hydrogens (tertiary/aromatic N) is 1. The van der Waals surface area contributed by atoms with Crippen LogP contribution >= 0.6 is 0 Å². The molecule has 0 spiro atoms. The van der Waals surface area contributed by atoms with Crippen LogP contribution in [-0.4, -0.2) is 23.4 Å². The Morgan fingerprint density at radius 3 is 2.28 bits per heavy atom. The van der Waals surface area contributed by atoms with E-state index in [0.29, 0.717) is 5.56 Å². The maximum absolute atomic E-state index is 12.1. The lowest BCUT2D eigenvalue weighted by Gasteiger charge is -2.13. The first-order chi connectivity index (χ1) is 8.30. The van der Waals surface area contributed by atoms with Gasteiger partial charge >= 0.3 is 6.18 Å². The number of carbonyl (C=O) groups is 1. The molecule has 98 valence electrons. The lowest BCUT2D eigenvalue weighted by Crippen LogP contribution is -2.27. The van der Waals surface area contributed by atoms with Gasteiger partial charge in [-0.3, -0.25) is 14.9 Å². The molecule has 0 N–H and O–H groups in total. The van der Waals surface area contributed by atoms with Gasteiger partial charge in [-0.1, -0.05) is 30.3 Å². The molecule has 1 unspecified atom stereocenters. The predicted molar refractivity (Wildman–Crippen MR) is 56.7 cm³/mol. The highest BCUT2D eigenvalue weighted by atomic mass is 19.4. The first kappa shape index (κ1) is 14.1. The molecule has 4 nitrogen and oxygen atoms in total. The molecule has 0 saturated carbocycles. The third-order valence-corrected chi connectivity index (χ3v) is 2.39. The molecule has 0 aliphatic heterocycles. The molecule has 0 heterocycles. The molecule has 0 aliphatic carbocycles. The number of ketones is 1. The van der Waals surface area contributed by atoms with Gasteiger partial charge in [-0.15, -0.1) is 0 Å². The maximum atomic E-state index is 12.1. The molecular weight excluding hydrogens is 251 g/mol. The summed E-state index contributed by atoms with van der Waals surface area (Å²) in [6.07, 6.45) is -5.86. The third kappa shape index (κ3) is 4.15. The normalized spacial score (nSPS) is 13.1. The number of nitro groups is 1. The van der Waals surface area contributed by atoms with Crippen LogP contribution in [0.3, 0.4) is 0 Å². The molecule has 0 saturated heterocycles. The van der Waals surface area contributed by atoms with Gasteiger partial charge in [0, 0.05) is 11.3 Å². The van der Waals surface area contributed by atoms with Crippen molar-refractivity contribution in [3.05, 3.63) is 46.0 Å². The van der Waals surface area contributed by atoms with E-state index in [1.807, 2.05) is 0 Å². The fourth-order valence-electron chi connectivity index (χ4n) is 1.53. The Labute approximate surface area is 101 Å². The molecular formula is C11H10F3NO3. The molecule has 0 fully saturated rings. The van der Waals surface area contributed by atoms with E-state index in [1.165, 1.54) is 12.1 Å². The smallest absolute Gasteiger partial charge is 0.290 e. The predicted octanol–water partition coefficient (Wildman–Crippen LogP) is 2.57. The zero-order valence-corrected chi connectivity index (χ0v) is 9.18. The summed E-state index contributed by atoms with van der Waals surface area (Å²) in [6, 6.07) is 7.69. The Morgan fingerprint density at radius 1 is 1.28 bits per heavy atom. The summed E-state index contributed by atoms with van der Waals surface area (Å²) in [7, 11) is 0. The molecule has 0 bridgehead atoms. The van der Waals surface area contributed by atoms with Crippen LogP contribution in [0.25, 0.3) is 0 Å². The Morgan fingerprint density at radius 2 is 1.83 bits per heavy atom. The number of alkyl halides is 3. The van der Waals surface area contributed by atoms with Crippen LogP contribution in [0.5, 0.6) is 0 Å². The molecule has 1 rings (SSSR count). The number of Topliss-reactive ketones (excluding diaryl/α,β-unsaturated/α-hetero) is 1. The van der Waals surface area contributed by atoms with E-state index >= 15 is 0 Å². The molecule has 1 aromatic carbocycles. The van der Waals surface area contributed by atoms with Crippen molar-refractivity contribution < 1.29 is 22.9 Å².